The number of nitriles is 1. The maximum Gasteiger partial charge on any atom is 0.342 e. The third-order valence-electron chi connectivity index (χ3n) is 3.89. The van der Waals surface area contributed by atoms with Crippen LogP contribution < -0.4 is 4.74 Å². The maximum atomic E-state index is 11.7. The molecule has 0 aliphatic rings. The molecule has 0 fully saturated rings. The molecule has 0 amide bonds. The summed E-state index contributed by atoms with van der Waals surface area (Å²) in [6.07, 6.45) is 2.00. The summed E-state index contributed by atoms with van der Waals surface area (Å²) in [5, 5.41) is 26.7. The second kappa shape index (κ2) is 9.96. The quantitative estimate of drug-likeness (QED) is 0.386. The lowest BCUT2D eigenvalue weighted by Gasteiger charge is -2.11. The van der Waals surface area contributed by atoms with E-state index in [-0.39, 0.29) is 16.7 Å². The molecule has 7 nitrogen and oxygen atoms in total. The van der Waals surface area contributed by atoms with Gasteiger partial charge in [0, 0.05) is 17.0 Å². The Balaban J connectivity index is 1.84. The Hall–Kier alpha value is -3.28. The number of aromatic nitrogens is 2. The van der Waals surface area contributed by atoms with E-state index in [0.29, 0.717) is 34.2 Å². The Morgan fingerprint density at radius 1 is 1.30 bits per heavy atom. The number of carboxylic acids is 1. The van der Waals surface area contributed by atoms with E-state index in [1.54, 1.807) is 42.5 Å². The van der Waals surface area contributed by atoms with Crippen LogP contribution in [0.4, 0.5) is 0 Å². The van der Waals surface area contributed by atoms with E-state index in [0.717, 1.165) is 17.3 Å². The lowest BCUT2D eigenvalue weighted by atomic mass is 10.1. The Bertz CT molecular complexity index is 1120. The molecule has 0 saturated carbocycles. The van der Waals surface area contributed by atoms with Crippen LogP contribution in [0.25, 0.3) is 6.08 Å². The van der Waals surface area contributed by atoms with Crippen molar-refractivity contribution >= 4 is 35.4 Å². The van der Waals surface area contributed by atoms with Gasteiger partial charge in [0.15, 0.2) is 0 Å². The maximum absolute atomic E-state index is 11.7. The fraction of sp³-hybridized carbons (Fsp3) is 0.143. The van der Waals surface area contributed by atoms with Crippen LogP contribution in [-0.4, -0.2) is 21.3 Å². The Kier molecular flexibility index (Phi) is 7.12. The van der Waals surface area contributed by atoms with Gasteiger partial charge in [0.2, 0.25) is 5.89 Å². The van der Waals surface area contributed by atoms with Crippen LogP contribution in [0.1, 0.15) is 29.5 Å². The molecule has 3 aromatic rings. The first-order valence-electron chi connectivity index (χ1n) is 8.85. The Morgan fingerprint density at radius 2 is 2.07 bits per heavy atom. The van der Waals surface area contributed by atoms with Crippen LogP contribution in [-0.2, 0) is 17.8 Å². The summed E-state index contributed by atoms with van der Waals surface area (Å²) in [7, 11) is 0. The van der Waals surface area contributed by atoms with Crippen LogP contribution in [0.3, 0.4) is 0 Å². The molecule has 9 heteroatoms. The standard InChI is InChI=1S/C21H16ClN3O4S/c1-2-19-24-25-21(29-19)30-18(20(26)27)10-15-9-16(22)7-8-17(15)28-12-14-5-3-13(11-23)4-6-14/h3-10H,2,12H2,1H3,(H,26,27)/b18-10-. The van der Waals surface area contributed by atoms with E-state index < -0.39 is 5.97 Å². The number of halogens is 1. The molecule has 0 bridgehead atoms. The highest BCUT2D eigenvalue weighted by Gasteiger charge is 2.16. The molecule has 0 aliphatic heterocycles. The molecule has 0 unspecified atom stereocenters. The average molecular weight is 442 g/mol. The van der Waals surface area contributed by atoms with Crippen molar-refractivity contribution in [3.05, 3.63) is 75.0 Å². The van der Waals surface area contributed by atoms with Gasteiger partial charge in [0.1, 0.15) is 17.3 Å². The second-order valence-electron chi connectivity index (χ2n) is 6.01. The summed E-state index contributed by atoms with van der Waals surface area (Å²) in [6.45, 7) is 2.10. The van der Waals surface area contributed by atoms with Crippen LogP contribution in [0.5, 0.6) is 5.75 Å². The van der Waals surface area contributed by atoms with Crippen molar-refractivity contribution in [3.8, 4) is 11.8 Å². The first-order chi connectivity index (χ1) is 14.5. The van der Waals surface area contributed by atoms with E-state index in [2.05, 4.69) is 16.3 Å². The molecule has 1 heterocycles. The minimum Gasteiger partial charge on any atom is -0.488 e. The van der Waals surface area contributed by atoms with Crippen molar-refractivity contribution in [2.24, 2.45) is 0 Å². The Labute approximate surface area is 182 Å². The minimum absolute atomic E-state index is 0.0215. The molecule has 1 aromatic heterocycles. The first-order valence-corrected chi connectivity index (χ1v) is 10.0. The summed E-state index contributed by atoms with van der Waals surface area (Å²) in [5.74, 6) is -0.256. The zero-order chi connectivity index (χ0) is 21.5. The molecule has 0 atom stereocenters. The first kappa shape index (κ1) is 21.4. The lowest BCUT2D eigenvalue weighted by molar-refractivity contribution is -0.131. The van der Waals surface area contributed by atoms with Crippen LogP contribution in [0, 0.1) is 11.3 Å². The van der Waals surface area contributed by atoms with E-state index in [1.807, 2.05) is 6.92 Å². The molecule has 2 aromatic carbocycles. The SMILES string of the molecule is CCc1nnc(S/C(=C\c2cc(Cl)ccc2OCc2ccc(C#N)cc2)C(=O)O)o1. The highest BCUT2D eigenvalue weighted by atomic mass is 35.5. The number of nitrogens with zero attached hydrogens (tertiary/aromatic N) is 3. The summed E-state index contributed by atoms with van der Waals surface area (Å²) >= 11 is 6.96. The number of aliphatic carboxylic acids is 1. The number of carboxylic acid groups (broad SMARTS) is 1. The average Bonchev–Trinajstić information content (AvgIpc) is 3.20. The van der Waals surface area contributed by atoms with Crippen molar-refractivity contribution in [2.45, 2.75) is 25.2 Å². The molecule has 30 heavy (non-hydrogen) atoms. The van der Waals surface area contributed by atoms with Crippen LogP contribution in [0.15, 0.2) is 57.0 Å². The van der Waals surface area contributed by atoms with E-state index in [1.165, 1.54) is 6.08 Å². The summed E-state index contributed by atoms with van der Waals surface area (Å²) in [5.41, 5.74) is 1.92. The smallest absolute Gasteiger partial charge is 0.342 e. The fourth-order valence-corrected chi connectivity index (χ4v) is 3.25. The number of ether oxygens (including phenoxy) is 1. The molecule has 0 radical (unpaired) electrons. The van der Waals surface area contributed by atoms with Gasteiger partial charge in [-0.05, 0) is 53.7 Å². The van der Waals surface area contributed by atoms with Gasteiger partial charge in [-0.15, -0.1) is 10.2 Å². The predicted octanol–water partition coefficient (Wildman–Crippen LogP) is 4.95. The molecule has 0 aliphatic carbocycles. The van der Waals surface area contributed by atoms with Gasteiger partial charge in [-0.2, -0.15) is 5.26 Å². The second-order valence-corrected chi connectivity index (χ2v) is 7.44. The number of rotatable bonds is 8. The number of carbonyl (C=O) groups is 1. The van der Waals surface area contributed by atoms with Gasteiger partial charge in [0.25, 0.3) is 5.22 Å². The fourth-order valence-electron chi connectivity index (χ4n) is 2.39. The normalized spacial score (nSPS) is 11.2. The van der Waals surface area contributed by atoms with Crippen molar-refractivity contribution in [3.63, 3.8) is 0 Å². The summed E-state index contributed by atoms with van der Waals surface area (Å²) < 4.78 is 11.3. The van der Waals surface area contributed by atoms with E-state index in [9.17, 15) is 9.90 Å². The zero-order valence-electron chi connectivity index (χ0n) is 15.8. The van der Waals surface area contributed by atoms with Crippen molar-refractivity contribution in [1.29, 1.82) is 5.26 Å². The number of hydrogen-bond acceptors (Lipinski definition) is 7. The van der Waals surface area contributed by atoms with Gasteiger partial charge in [0.05, 0.1) is 11.6 Å². The monoisotopic (exact) mass is 441 g/mol. The number of benzene rings is 2. The molecular weight excluding hydrogens is 426 g/mol. The van der Waals surface area contributed by atoms with Gasteiger partial charge < -0.3 is 14.3 Å². The van der Waals surface area contributed by atoms with Gasteiger partial charge in [-0.25, -0.2) is 4.79 Å². The highest BCUT2D eigenvalue weighted by Crippen LogP contribution is 2.32. The third kappa shape index (κ3) is 5.63. The van der Waals surface area contributed by atoms with Crippen molar-refractivity contribution in [2.75, 3.05) is 0 Å². The largest absolute Gasteiger partial charge is 0.488 e. The minimum atomic E-state index is -1.14. The van der Waals surface area contributed by atoms with E-state index >= 15 is 0 Å². The van der Waals surface area contributed by atoms with Gasteiger partial charge in [-0.3, -0.25) is 0 Å². The zero-order valence-corrected chi connectivity index (χ0v) is 17.4. The van der Waals surface area contributed by atoms with Gasteiger partial charge in [-0.1, -0.05) is 30.7 Å². The molecule has 1 N–H and O–H groups in total. The highest BCUT2D eigenvalue weighted by molar-refractivity contribution is 8.03. The van der Waals surface area contributed by atoms with Crippen molar-refractivity contribution < 1.29 is 19.1 Å². The van der Waals surface area contributed by atoms with Crippen LogP contribution in [0.2, 0.25) is 5.02 Å². The van der Waals surface area contributed by atoms with Gasteiger partial charge >= 0.3 is 5.97 Å². The van der Waals surface area contributed by atoms with Crippen molar-refractivity contribution in [1.82, 2.24) is 10.2 Å². The Morgan fingerprint density at radius 3 is 2.70 bits per heavy atom. The molecule has 152 valence electrons. The summed E-state index contributed by atoms with van der Waals surface area (Å²) in [4.78, 5) is 11.7. The topological polar surface area (TPSA) is 109 Å². The number of thioether (sulfide) groups is 1. The lowest BCUT2D eigenvalue weighted by Crippen LogP contribution is -2.00. The number of hydrogen-bond donors (Lipinski definition) is 1. The molecule has 3 rings (SSSR count). The molecule has 0 saturated heterocycles. The van der Waals surface area contributed by atoms with Crippen LogP contribution >= 0.6 is 23.4 Å². The summed E-state index contributed by atoms with van der Waals surface area (Å²) in [6, 6.07) is 14.0. The van der Waals surface area contributed by atoms with E-state index in [4.69, 9.17) is 26.0 Å². The number of aryl methyl sites for hydroxylation is 1. The third-order valence-corrected chi connectivity index (χ3v) is 4.98. The predicted molar refractivity (Wildman–Crippen MR) is 112 cm³/mol. The molecule has 0 spiro atoms. The molecular formula is C21H16ClN3O4S.